The molecular weight excluding hydrogens is 266 g/mol. The summed E-state index contributed by atoms with van der Waals surface area (Å²) >= 11 is 3.52. The fourth-order valence-corrected chi connectivity index (χ4v) is 1.93. The Bertz CT molecular complexity index is 339. The van der Waals surface area contributed by atoms with Crippen LogP contribution < -0.4 is 5.32 Å². The lowest BCUT2D eigenvalue weighted by atomic mass is 10.0. The Labute approximate surface area is 106 Å². The normalized spacial score (nSPS) is 13.1. The minimum absolute atomic E-state index is 0.167. The maximum atomic E-state index is 9.20. The fourth-order valence-electron chi connectivity index (χ4n) is 1.51. The third-order valence-corrected chi connectivity index (χ3v) is 3.66. The van der Waals surface area contributed by atoms with Gasteiger partial charge in [0.1, 0.15) is 0 Å². The van der Waals surface area contributed by atoms with Crippen molar-refractivity contribution in [1.82, 2.24) is 5.32 Å². The molecule has 1 aromatic rings. The summed E-state index contributed by atoms with van der Waals surface area (Å²) in [6, 6.07) is 6.50. The summed E-state index contributed by atoms with van der Waals surface area (Å²) in [6.45, 7) is 7.27. The van der Waals surface area contributed by atoms with E-state index in [2.05, 4.69) is 60.2 Å². The molecule has 2 N–H and O–H groups in total. The van der Waals surface area contributed by atoms with Crippen LogP contribution >= 0.6 is 15.9 Å². The molecule has 0 unspecified atom stereocenters. The Morgan fingerprint density at radius 3 is 2.56 bits per heavy atom. The van der Waals surface area contributed by atoms with Gasteiger partial charge in [-0.3, -0.25) is 0 Å². The van der Waals surface area contributed by atoms with Crippen LogP contribution in [0.5, 0.6) is 0 Å². The van der Waals surface area contributed by atoms with E-state index in [-0.39, 0.29) is 12.6 Å². The summed E-state index contributed by atoms with van der Waals surface area (Å²) in [7, 11) is 0. The number of halogens is 1. The van der Waals surface area contributed by atoms with Crippen LogP contribution in [0.3, 0.4) is 0 Å². The number of hydrogen-bond acceptors (Lipinski definition) is 2. The molecule has 0 heterocycles. The second kappa shape index (κ2) is 6.38. The van der Waals surface area contributed by atoms with Crippen molar-refractivity contribution in [2.24, 2.45) is 5.92 Å². The maximum Gasteiger partial charge on any atom is 0.0587 e. The molecule has 1 rings (SSSR count). The molecule has 2 nitrogen and oxygen atoms in total. The molecule has 90 valence electrons. The number of rotatable bonds is 5. The number of aliphatic hydroxyl groups is 1. The highest BCUT2D eigenvalue weighted by atomic mass is 79.9. The van der Waals surface area contributed by atoms with Crippen LogP contribution in [0.25, 0.3) is 0 Å². The Kier molecular flexibility index (Phi) is 5.46. The second-order valence-electron chi connectivity index (χ2n) is 4.50. The summed E-state index contributed by atoms with van der Waals surface area (Å²) in [5.74, 6) is 0.443. The van der Waals surface area contributed by atoms with Gasteiger partial charge >= 0.3 is 0 Å². The number of nitrogens with one attached hydrogen (secondary N) is 1. The molecule has 3 heteroatoms. The molecule has 16 heavy (non-hydrogen) atoms. The van der Waals surface area contributed by atoms with Crippen LogP contribution in [0.15, 0.2) is 22.7 Å². The number of aliphatic hydroxyl groups excluding tert-OH is 1. The van der Waals surface area contributed by atoms with Crippen LogP contribution in [-0.2, 0) is 6.54 Å². The van der Waals surface area contributed by atoms with E-state index in [9.17, 15) is 5.11 Å². The van der Waals surface area contributed by atoms with E-state index in [0.717, 1.165) is 11.0 Å². The van der Waals surface area contributed by atoms with E-state index in [1.807, 2.05) is 0 Å². The molecular formula is C13H20BrNO. The number of hydrogen-bond donors (Lipinski definition) is 2. The van der Waals surface area contributed by atoms with Crippen LogP contribution in [0, 0.1) is 12.8 Å². The van der Waals surface area contributed by atoms with Crippen molar-refractivity contribution in [3.05, 3.63) is 33.8 Å². The van der Waals surface area contributed by atoms with Crippen molar-refractivity contribution < 1.29 is 5.11 Å². The highest BCUT2D eigenvalue weighted by Crippen LogP contribution is 2.17. The zero-order chi connectivity index (χ0) is 12.1. The molecule has 0 fully saturated rings. The van der Waals surface area contributed by atoms with E-state index in [1.54, 1.807) is 0 Å². The van der Waals surface area contributed by atoms with Crippen molar-refractivity contribution in [3.63, 3.8) is 0 Å². The van der Waals surface area contributed by atoms with Gasteiger partial charge in [-0.25, -0.2) is 0 Å². The Hall–Kier alpha value is -0.380. The summed E-state index contributed by atoms with van der Waals surface area (Å²) in [4.78, 5) is 0. The largest absolute Gasteiger partial charge is 0.395 e. The molecule has 0 aliphatic rings. The highest BCUT2D eigenvalue weighted by molar-refractivity contribution is 9.10. The Balaban J connectivity index is 2.57. The topological polar surface area (TPSA) is 32.3 Å². The lowest BCUT2D eigenvalue weighted by Gasteiger charge is -2.20. The van der Waals surface area contributed by atoms with Crippen molar-refractivity contribution >= 4 is 15.9 Å². The third-order valence-electron chi connectivity index (χ3n) is 2.81. The lowest BCUT2D eigenvalue weighted by molar-refractivity contribution is 0.210. The van der Waals surface area contributed by atoms with Gasteiger partial charge in [-0.05, 0) is 30.0 Å². The smallest absolute Gasteiger partial charge is 0.0587 e. The Morgan fingerprint density at radius 2 is 2.06 bits per heavy atom. The molecule has 0 saturated carbocycles. The van der Waals surface area contributed by atoms with E-state index < -0.39 is 0 Å². The monoisotopic (exact) mass is 285 g/mol. The summed E-state index contributed by atoms with van der Waals surface area (Å²) < 4.78 is 1.14. The van der Waals surface area contributed by atoms with Gasteiger partial charge < -0.3 is 10.4 Å². The first-order valence-corrected chi connectivity index (χ1v) is 6.43. The maximum absolute atomic E-state index is 9.20. The van der Waals surface area contributed by atoms with Crippen LogP contribution in [0.1, 0.15) is 25.0 Å². The van der Waals surface area contributed by atoms with Crippen molar-refractivity contribution in [2.45, 2.75) is 33.4 Å². The average Bonchev–Trinajstić information content (AvgIpc) is 2.23. The third kappa shape index (κ3) is 3.89. The van der Waals surface area contributed by atoms with Gasteiger partial charge in [0.2, 0.25) is 0 Å². The SMILES string of the molecule is Cc1ccc(CN[C@H](CO)C(C)C)cc1Br. The minimum atomic E-state index is 0.167. The van der Waals surface area contributed by atoms with Crippen molar-refractivity contribution in [1.29, 1.82) is 0 Å². The zero-order valence-corrected chi connectivity index (χ0v) is 11.7. The van der Waals surface area contributed by atoms with Gasteiger partial charge in [0, 0.05) is 17.1 Å². The predicted octanol–water partition coefficient (Wildman–Crippen LogP) is 2.86. The molecule has 1 atom stereocenters. The number of aryl methyl sites for hydroxylation is 1. The molecule has 0 saturated heterocycles. The number of benzene rings is 1. The van der Waals surface area contributed by atoms with Gasteiger partial charge in [-0.2, -0.15) is 0 Å². The molecule has 0 bridgehead atoms. The first kappa shape index (κ1) is 13.7. The first-order chi connectivity index (χ1) is 7.54. The van der Waals surface area contributed by atoms with E-state index in [4.69, 9.17) is 0 Å². The van der Waals surface area contributed by atoms with Gasteiger partial charge in [0.25, 0.3) is 0 Å². The molecule has 0 aromatic heterocycles. The first-order valence-electron chi connectivity index (χ1n) is 5.64. The average molecular weight is 286 g/mol. The summed E-state index contributed by atoms with van der Waals surface area (Å²) in [5, 5.41) is 12.6. The van der Waals surface area contributed by atoms with Gasteiger partial charge in [0.15, 0.2) is 0 Å². The van der Waals surface area contributed by atoms with Gasteiger partial charge in [-0.15, -0.1) is 0 Å². The van der Waals surface area contributed by atoms with Gasteiger partial charge in [0.05, 0.1) is 6.61 Å². The zero-order valence-electron chi connectivity index (χ0n) is 10.1. The molecule has 0 aliphatic carbocycles. The highest BCUT2D eigenvalue weighted by Gasteiger charge is 2.10. The molecule has 0 radical (unpaired) electrons. The molecule has 0 spiro atoms. The fraction of sp³-hybridized carbons (Fsp3) is 0.538. The molecule has 0 amide bonds. The second-order valence-corrected chi connectivity index (χ2v) is 5.35. The molecule has 1 aromatic carbocycles. The quantitative estimate of drug-likeness (QED) is 0.872. The van der Waals surface area contributed by atoms with Gasteiger partial charge in [-0.1, -0.05) is 41.9 Å². The lowest BCUT2D eigenvalue weighted by Crippen LogP contribution is -2.36. The minimum Gasteiger partial charge on any atom is -0.395 e. The summed E-state index contributed by atoms with van der Waals surface area (Å²) in [5.41, 5.74) is 2.47. The predicted molar refractivity (Wildman–Crippen MR) is 71.4 cm³/mol. The molecule has 0 aliphatic heterocycles. The van der Waals surface area contributed by atoms with Crippen LogP contribution in [0.2, 0.25) is 0 Å². The van der Waals surface area contributed by atoms with Crippen LogP contribution in [-0.4, -0.2) is 17.8 Å². The van der Waals surface area contributed by atoms with E-state index >= 15 is 0 Å². The van der Waals surface area contributed by atoms with Crippen molar-refractivity contribution in [2.75, 3.05) is 6.61 Å². The summed E-state index contributed by atoms with van der Waals surface area (Å²) in [6.07, 6.45) is 0. The Morgan fingerprint density at radius 1 is 1.38 bits per heavy atom. The standard InChI is InChI=1S/C13H20BrNO/c1-9(2)13(8-16)15-7-11-5-4-10(3)12(14)6-11/h4-6,9,13,15-16H,7-8H2,1-3H3/t13-/m1/s1. The van der Waals surface area contributed by atoms with Crippen molar-refractivity contribution in [3.8, 4) is 0 Å². The van der Waals surface area contributed by atoms with E-state index in [0.29, 0.717) is 5.92 Å². The van der Waals surface area contributed by atoms with Crippen LogP contribution in [0.4, 0.5) is 0 Å². The van der Waals surface area contributed by atoms with E-state index in [1.165, 1.54) is 11.1 Å².